The van der Waals surface area contributed by atoms with Gasteiger partial charge in [-0.2, -0.15) is 13.2 Å². The van der Waals surface area contributed by atoms with E-state index in [9.17, 15) is 18.0 Å². The number of fused-ring (bicyclic) bond motifs is 1. The van der Waals surface area contributed by atoms with Crippen LogP contribution >= 0.6 is 22.6 Å². The Morgan fingerprint density at radius 1 is 1.44 bits per heavy atom. The number of halogens is 4. The second-order valence-corrected chi connectivity index (χ2v) is 5.23. The lowest BCUT2D eigenvalue weighted by Gasteiger charge is -2.32. The molecule has 0 saturated carbocycles. The number of hydrogen-bond donors (Lipinski definition) is 1. The van der Waals surface area contributed by atoms with Crippen molar-refractivity contribution < 1.29 is 27.8 Å². The average Bonchev–Trinajstić information content (AvgIpc) is 2.25. The molecule has 0 aromatic heterocycles. The minimum absolute atomic E-state index is 0.107. The van der Waals surface area contributed by atoms with E-state index in [1.807, 2.05) is 22.6 Å². The molecule has 0 saturated heterocycles. The second-order valence-electron chi connectivity index (χ2n) is 3.98. The molecule has 1 heterocycles. The Kier molecular flexibility index (Phi) is 3.43. The van der Waals surface area contributed by atoms with Crippen molar-refractivity contribution in [1.29, 1.82) is 0 Å². The third kappa shape index (κ3) is 2.55. The summed E-state index contributed by atoms with van der Waals surface area (Å²) in [5.74, 6) is -2.99. The lowest BCUT2D eigenvalue weighted by Crippen LogP contribution is -2.47. The van der Waals surface area contributed by atoms with E-state index in [-0.39, 0.29) is 12.2 Å². The fourth-order valence-electron chi connectivity index (χ4n) is 1.90. The second kappa shape index (κ2) is 4.60. The minimum Gasteiger partial charge on any atom is -0.481 e. The van der Waals surface area contributed by atoms with Gasteiger partial charge >= 0.3 is 12.1 Å². The van der Waals surface area contributed by atoms with Gasteiger partial charge in [0.05, 0.1) is 0 Å². The Hall–Kier alpha value is -0.990. The van der Waals surface area contributed by atoms with E-state index in [4.69, 9.17) is 9.84 Å². The summed E-state index contributed by atoms with van der Waals surface area (Å²) in [6, 6.07) is 4.69. The van der Waals surface area contributed by atoms with Gasteiger partial charge in [0.15, 0.2) is 0 Å². The Balaban J connectivity index is 2.40. The maximum absolute atomic E-state index is 12.7. The van der Waals surface area contributed by atoms with Crippen molar-refractivity contribution in [2.24, 2.45) is 5.92 Å². The zero-order valence-corrected chi connectivity index (χ0v) is 11.0. The van der Waals surface area contributed by atoms with Crippen LogP contribution in [0.15, 0.2) is 18.2 Å². The third-order valence-corrected chi connectivity index (χ3v) is 3.39. The summed E-state index contributed by atoms with van der Waals surface area (Å²) >= 11 is 2.01. The molecule has 2 atom stereocenters. The molecular formula is C11H8F3IO3. The summed E-state index contributed by atoms with van der Waals surface area (Å²) in [6.45, 7) is 0. The zero-order valence-electron chi connectivity index (χ0n) is 8.87. The highest BCUT2D eigenvalue weighted by Gasteiger charge is 2.52. The number of rotatable bonds is 1. The van der Waals surface area contributed by atoms with Crippen molar-refractivity contribution in [3.63, 3.8) is 0 Å². The van der Waals surface area contributed by atoms with Gasteiger partial charge in [0.25, 0.3) is 0 Å². The molecule has 0 fully saturated rings. The van der Waals surface area contributed by atoms with E-state index >= 15 is 0 Å². The van der Waals surface area contributed by atoms with Crippen LogP contribution in [-0.4, -0.2) is 23.4 Å². The Bertz CT molecular complexity index is 487. The molecule has 0 bridgehead atoms. The van der Waals surface area contributed by atoms with E-state index in [0.29, 0.717) is 5.56 Å². The average molecular weight is 372 g/mol. The van der Waals surface area contributed by atoms with Gasteiger partial charge in [0.2, 0.25) is 6.10 Å². The predicted octanol–water partition coefficient (Wildman–Crippen LogP) is 2.86. The van der Waals surface area contributed by atoms with Crippen molar-refractivity contribution in [3.05, 3.63) is 27.3 Å². The molecule has 18 heavy (non-hydrogen) atoms. The Labute approximate surface area is 114 Å². The molecule has 2 unspecified atom stereocenters. The van der Waals surface area contributed by atoms with Gasteiger partial charge in [-0.1, -0.05) is 0 Å². The van der Waals surface area contributed by atoms with Gasteiger partial charge in [-0.05, 0) is 52.8 Å². The molecule has 0 aliphatic carbocycles. The lowest BCUT2D eigenvalue weighted by molar-refractivity contribution is -0.217. The number of carboxylic acids is 1. The van der Waals surface area contributed by atoms with Gasteiger partial charge in [0, 0.05) is 3.57 Å². The van der Waals surface area contributed by atoms with E-state index < -0.39 is 24.2 Å². The summed E-state index contributed by atoms with van der Waals surface area (Å²) in [6.07, 6.45) is -7.15. The van der Waals surface area contributed by atoms with E-state index in [1.165, 1.54) is 6.07 Å². The number of ether oxygens (including phenoxy) is 1. The molecule has 1 N–H and O–H groups in total. The highest BCUT2D eigenvalue weighted by atomic mass is 127. The molecule has 0 amide bonds. The van der Waals surface area contributed by atoms with Crippen molar-refractivity contribution >= 4 is 28.6 Å². The van der Waals surface area contributed by atoms with Crippen LogP contribution in [0.3, 0.4) is 0 Å². The molecule has 2 rings (SSSR count). The van der Waals surface area contributed by atoms with Crippen LogP contribution in [0.1, 0.15) is 5.56 Å². The fourth-order valence-corrected chi connectivity index (χ4v) is 2.45. The zero-order chi connectivity index (χ0) is 13.5. The molecule has 0 radical (unpaired) electrons. The largest absolute Gasteiger partial charge is 0.481 e. The molecular weight excluding hydrogens is 364 g/mol. The normalized spacial score (nSPS) is 23.1. The maximum atomic E-state index is 12.7. The van der Waals surface area contributed by atoms with Crippen LogP contribution in [0.4, 0.5) is 13.2 Å². The van der Waals surface area contributed by atoms with Crippen LogP contribution in [0.2, 0.25) is 0 Å². The van der Waals surface area contributed by atoms with Crippen LogP contribution in [0.5, 0.6) is 5.75 Å². The van der Waals surface area contributed by atoms with Crippen molar-refractivity contribution in [1.82, 2.24) is 0 Å². The van der Waals surface area contributed by atoms with Gasteiger partial charge in [0.1, 0.15) is 11.7 Å². The summed E-state index contributed by atoms with van der Waals surface area (Å²) in [7, 11) is 0. The monoisotopic (exact) mass is 372 g/mol. The summed E-state index contributed by atoms with van der Waals surface area (Å²) in [5, 5.41) is 8.88. The molecule has 3 nitrogen and oxygen atoms in total. The predicted molar refractivity (Wildman–Crippen MR) is 64.5 cm³/mol. The summed E-state index contributed by atoms with van der Waals surface area (Å²) in [5.41, 5.74) is 0.495. The van der Waals surface area contributed by atoms with Gasteiger partial charge in [-0.15, -0.1) is 0 Å². The van der Waals surface area contributed by atoms with Crippen LogP contribution < -0.4 is 4.74 Å². The first kappa shape index (κ1) is 13.4. The summed E-state index contributed by atoms with van der Waals surface area (Å²) < 4.78 is 43.8. The van der Waals surface area contributed by atoms with E-state index in [1.54, 1.807) is 12.1 Å². The third-order valence-electron chi connectivity index (χ3n) is 2.72. The topological polar surface area (TPSA) is 46.5 Å². The molecule has 1 aromatic carbocycles. The lowest BCUT2D eigenvalue weighted by atomic mass is 9.90. The first-order chi connectivity index (χ1) is 8.29. The number of carboxylic acid groups (broad SMARTS) is 1. The van der Waals surface area contributed by atoms with Gasteiger partial charge in [-0.25, -0.2) is 0 Å². The molecule has 1 aliphatic heterocycles. The Morgan fingerprint density at radius 2 is 2.11 bits per heavy atom. The molecule has 0 spiro atoms. The van der Waals surface area contributed by atoms with Crippen molar-refractivity contribution in [3.8, 4) is 5.75 Å². The quantitative estimate of drug-likeness (QED) is 0.772. The number of aliphatic carboxylic acids is 1. The van der Waals surface area contributed by atoms with Gasteiger partial charge in [-0.3, -0.25) is 4.79 Å². The standard InChI is InChI=1S/C11H8F3IO3/c12-11(13,14)9-7(10(16)17)4-5-3-6(15)1-2-8(5)18-9/h1-3,7,9H,4H2,(H,16,17). The first-order valence-corrected chi connectivity index (χ1v) is 6.11. The van der Waals surface area contributed by atoms with Crippen LogP contribution in [0, 0.1) is 9.49 Å². The highest BCUT2D eigenvalue weighted by molar-refractivity contribution is 14.1. The molecule has 1 aliphatic rings. The van der Waals surface area contributed by atoms with E-state index in [0.717, 1.165) is 3.57 Å². The SMILES string of the molecule is O=C(O)C1Cc2cc(I)ccc2OC1C(F)(F)F. The molecule has 1 aromatic rings. The number of benzene rings is 1. The van der Waals surface area contributed by atoms with Crippen molar-refractivity contribution in [2.75, 3.05) is 0 Å². The molecule has 98 valence electrons. The number of carbonyl (C=O) groups is 1. The molecule has 7 heteroatoms. The Morgan fingerprint density at radius 3 is 2.67 bits per heavy atom. The number of alkyl halides is 3. The minimum atomic E-state index is -4.69. The van der Waals surface area contributed by atoms with Gasteiger partial charge < -0.3 is 9.84 Å². The first-order valence-electron chi connectivity index (χ1n) is 5.03. The maximum Gasteiger partial charge on any atom is 0.426 e. The van der Waals surface area contributed by atoms with Crippen molar-refractivity contribution in [2.45, 2.75) is 18.7 Å². The summed E-state index contributed by atoms with van der Waals surface area (Å²) in [4.78, 5) is 10.9. The number of hydrogen-bond acceptors (Lipinski definition) is 2. The highest BCUT2D eigenvalue weighted by Crippen LogP contribution is 2.38. The fraction of sp³-hybridized carbons (Fsp3) is 0.364. The van der Waals surface area contributed by atoms with Crippen LogP contribution in [0.25, 0.3) is 0 Å². The van der Waals surface area contributed by atoms with Crippen LogP contribution in [-0.2, 0) is 11.2 Å². The van der Waals surface area contributed by atoms with E-state index in [2.05, 4.69) is 0 Å². The smallest absolute Gasteiger partial charge is 0.426 e.